The van der Waals surface area contributed by atoms with Gasteiger partial charge in [-0.25, -0.2) is 4.79 Å². The van der Waals surface area contributed by atoms with Crippen molar-refractivity contribution >= 4 is 46.8 Å². The average Bonchev–Trinajstić information content (AvgIpc) is 2.88. The van der Waals surface area contributed by atoms with Crippen LogP contribution in [0.1, 0.15) is 27.7 Å². The molecule has 1 heterocycles. The standard InChI is InChI=1S/C13H22N4O2S3/c1-8(2)5-14-11(19)15-10(18)7-21-13-17-16-12(22-13)20-6-9(3)4/h8-9H,5-7H2,1-4H3,(H2,14,15,18,19). The zero-order valence-electron chi connectivity index (χ0n) is 13.2. The van der Waals surface area contributed by atoms with E-state index in [9.17, 15) is 9.59 Å². The summed E-state index contributed by atoms with van der Waals surface area (Å²) in [6, 6.07) is -0.454. The van der Waals surface area contributed by atoms with E-state index in [2.05, 4.69) is 34.7 Å². The Morgan fingerprint density at radius 3 is 2.32 bits per heavy atom. The molecule has 0 aliphatic rings. The summed E-state index contributed by atoms with van der Waals surface area (Å²) in [6.45, 7) is 8.82. The largest absolute Gasteiger partial charge is 0.338 e. The zero-order valence-corrected chi connectivity index (χ0v) is 15.7. The molecule has 2 N–H and O–H groups in total. The Morgan fingerprint density at radius 1 is 1.09 bits per heavy atom. The molecule has 1 aromatic heterocycles. The van der Waals surface area contributed by atoms with Gasteiger partial charge in [0.15, 0.2) is 8.68 Å². The van der Waals surface area contributed by atoms with Crippen molar-refractivity contribution in [3.05, 3.63) is 0 Å². The molecule has 0 saturated heterocycles. The van der Waals surface area contributed by atoms with Gasteiger partial charge in [0.25, 0.3) is 0 Å². The number of nitrogens with zero attached hydrogens (tertiary/aromatic N) is 2. The number of carbonyl (C=O) groups excluding carboxylic acids is 2. The fraction of sp³-hybridized carbons (Fsp3) is 0.692. The maximum Gasteiger partial charge on any atom is 0.321 e. The topological polar surface area (TPSA) is 84.0 Å². The van der Waals surface area contributed by atoms with Crippen LogP contribution in [-0.4, -0.2) is 40.2 Å². The Labute approximate surface area is 143 Å². The Morgan fingerprint density at radius 2 is 1.73 bits per heavy atom. The molecule has 1 aromatic rings. The van der Waals surface area contributed by atoms with Crippen LogP contribution in [0.25, 0.3) is 0 Å². The maximum absolute atomic E-state index is 11.7. The minimum Gasteiger partial charge on any atom is -0.338 e. The van der Waals surface area contributed by atoms with Gasteiger partial charge in [0, 0.05) is 12.3 Å². The van der Waals surface area contributed by atoms with Crippen LogP contribution in [0.5, 0.6) is 0 Å². The van der Waals surface area contributed by atoms with Crippen LogP contribution < -0.4 is 10.6 Å². The van der Waals surface area contributed by atoms with Crippen LogP contribution in [0.2, 0.25) is 0 Å². The first-order chi connectivity index (χ1) is 10.4. The molecule has 1 rings (SSSR count). The molecule has 0 bridgehead atoms. The van der Waals surface area contributed by atoms with Gasteiger partial charge in [-0.05, 0) is 11.8 Å². The van der Waals surface area contributed by atoms with Crippen molar-refractivity contribution in [2.24, 2.45) is 11.8 Å². The van der Waals surface area contributed by atoms with E-state index in [1.54, 1.807) is 11.8 Å². The van der Waals surface area contributed by atoms with E-state index in [1.165, 1.54) is 23.1 Å². The van der Waals surface area contributed by atoms with Crippen molar-refractivity contribution in [3.8, 4) is 0 Å². The molecular weight excluding hydrogens is 340 g/mol. The SMILES string of the molecule is CC(C)CNC(=O)NC(=O)CSc1nnc(SCC(C)C)s1. The monoisotopic (exact) mass is 362 g/mol. The van der Waals surface area contributed by atoms with Crippen molar-refractivity contribution in [1.82, 2.24) is 20.8 Å². The predicted molar refractivity (Wildman–Crippen MR) is 92.6 cm³/mol. The number of urea groups is 1. The van der Waals surface area contributed by atoms with Crippen molar-refractivity contribution < 1.29 is 9.59 Å². The molecule has 0 aliphatic heterocycles. The van der Waals surface area contributed by atoms with E-state index in [1.807, 2.05) is 13.8 Å². The number of hydrogen-bond acceptors (Lipinski definition) is 7. The number of imide groups is 1. The fourth-order valence-corrected chi connectivity index (χ4v) is 3.98. The number of nitrogens with one attached hydrogen (secondary N) is 2. The number of amides is 3. The molecule has 124 valence electrons. The highest BCUT2D eigenvalue weighted by Gasteiger charge is 2.11. The van der Waals surface area contributed by atoms with Crippen LogP contribution in [0, 0.1) is 11.8 Å². The molecule has 0 aromatic carbocycles. The van der Waals surface area contributed by atoms with E-state index in [0.29, 0.717) is 18.4 Å². The van der Waals surface area contributed by atoms with Crippen molar-refractivity contribution in [3.63, 3.8) is 0 Å². The number of thioether (sulfide) groups is 2. The van der Waals surface area contributed by atoms with Gasteiger partial charge in [0.05, 0.1) is 5.75 Å². The molecule has 22 heavy (non-hydrogen) atoms. The van der Waals surface area contributed by atoms with Gasteiger partial charge in [0.1, 0.15) is 0 Å². The van der Waals surface area contributed by atoms with E-state index in [-0.39, 0.29) is 11.7 Å². The lowest BCUT2D eigenvalue weighted by Gasteiger charge is -2.07. The first kappa shape index (κ1) is 19.2. The Hall–Kier alpha value is -0.800. The lowest BCUT2D eigenvalue weighted by Crippen LogP contribution is -2.41. The Bertz CT molecular complexity index is 491. The Balaban J connectivity index is 2.27. The summed E-state index contributed by atoms with van der Waals surface area (Å²) >= 11 is 4.43. The highest BCUT2D eigenvalue weighted by Crippen LogP contribution is 2.29. The average molecular weight is 363 g/mol. The van der Waals surface area contributed by atoms with Crippen LogP contribution in [0.4, 0.5) is 4.79 Å². The van der Waals surface area contributed by atoms with Gasteiger partial charge in [0.2, 0.25) is 5.91 Å². The molecule has 0 fully saturated rings. The molecule has 0 atom stereocenters. The lowest BCUT2D eigenvalue weighted by atomic mass is 10.2. The van der Waals surface area contributed by atoms with Crippen molar-refractivity contribution in [2.45, 2.75) is 36.4 Å². The molecule has 3 amide bonds. The van der Waals surface area contributed by atoms with Crippen LogP contribution >= 0.6 is 34.9 Å². The van der Waals surface area contributed by atoms with Crippen LogP contribution in [-0.2, 0) is 4.79 Å². The third-order valence-electron chi connectivity index (χ3n) is 2.18. The van der Waals surface area contributed by atoms with Crippen molar-refractivity contribution in [1.29, 1.82) is 0 Å². The normalized spacial score (nSPS) is 11.0. The smallest absolute Gasteiger partial charge is 0.321 e. The molecule has 0 aliphatic carbocycles. The summed E-state index contributed by atoms with van der Waals surface area (Å²) in [5, 5.41) is 13.0. The third-order valence-corrected chi connectivity index (χ3v) is 5.80. The highest BCUT2D eigenvalue weighted by molar-refractivity contribution is 8.03. The molecule has 0 unspecified atom stereocenters. The maximum atomic E-state index is 11.7. The first-order valence-electron chi connectivity index (χ1n) is 7.03. The minimum absolute atomic E-state index is 0.151. The zero-order chi connectivity index (χ0) is 16.5. The molecule has 9 heteroatoms. The summed E-state index contributed by atoms with van der Waals surface area (Å²) in [7, 11) is 0. The summed E-state index contributed by atoms with van der Waals surface area (Å²) in [5.41, 5.74) is 0. The van der Waals surface area contributed by atoms with Gasteiger partial charge in [-0.2, -0.15) is 0 Å². The van der Waals surface area contributed by atoms with E-state index < -0.39 is 6.03 Å². The molecular formula is C13H22N4O2S3. The van der Waals surface area contributed by atoms with E-state index >= 15 is 0 Å². The third kappa shape index (κ3) is 8.60. The second-order valence-electron chi connectivity index (χ2n) is 5.48. The quantitative estimate of drug-likeness (QED) is 0.692. The van der Waals surface area contributed by atoms with Crippen molar-refractivity contribution in [2.75, 3.05) is 18.1 Å². The summed E-state index contributed by atoms with van der Waals surface area (Å²) in [4.78, 5) is 23.1. The van der Waals surface area contributed by atoms with E-state index in [4.69, 9.17) is 0 Å². The van der Waals surface area contributed by atoms with E-state index in [0.717, 1.165) is 14.4 Å². The number of hydrogen-bond donors (Lipinski definition) is 2. The van der Waals surface area contributed by atoms with Gasteiger partial charge in [-0.15, -0.1) is 10.2 Å². The number of carbonyl (C=O) groups is 2. The summed E-state index contributed by atoms with van der Waals surface area (Å²) < 4.78 is 1.65. The minimum atomic E-state index is -0.454. The van der Waals surface area contributed by atoms with Crippen LogP contribution in [0.3, 0.4) is 0 Å². The number of aromatic nitrogens is 2. The van der Waals surface area contributed by atoms with Gasteiger partial charge < -0.3 is 5.32 Å². The second kappa shape index (κ2) is 10.1. The molecule has 6 nitrogen and oxygen atoms in total. The molecule has 0 radical (unpaired) electrons. The first-order valence-corrected chi connectivity index (χ1v) is 9.82. The Kier molecular flexibility index (Phi) is 8.81. The van der Waals surface area contributed by atoms with Crippen LogP contribution in [0.15, 0.2) is 8.68 Å². The molecule has 0 spiro atoms. The predicted octanol–water partition coefficient (Wildman–Crippen LogP) is 2.86. The fourth-order valence-electron chi connectivity index (χ4n) is 1.18. The highest BCUT2D eigenvalue weighted by atomic mass is 32.2. The van der Waals surface area contributed by atoms with Gasteiger partial charge in [-0.1, -0.05) is 62.6 Å². The molecule has 0 saturated carbocycles. The second-order valence-corrected chi connectivity index (χ2v) is 8.95. The lowest BCUT2D eigenvalue weighted by molar-refractivity contribution is -0.117. The summed E-state index contributed by atoms with van der Waals surface area (Å²) in [6.07, 6.45) is 0. The number of rotatable bonds is 8. The van der Waals surface area contributed by atoms with Gasteiger partial charge in [-0.3, -0.25) is 10.1 Å². The van der Waals surface area contributed by atoms with Gasteiger partial charge >= 0.3 is 6.03 Å². The summed E-state index contributed by atoms with van der Waals surface area (Å²) in [5.74, 6) is 1.75.